The fourth-order valence-electron chi connectivity index (χ4n) is 3.14. The molecule has 3 aromatic carbocycles. The minimum Gasteiger partial charge on any atom is -0.497 e. The van der Waals surface area contributed by atoms with Crippen molar-refractivity contribution in [2.24, 2.45) is 0 Å². The van der Waals surface area contributed by atoms with Crippen LogP contribution < -0.4 is 10.4 Å². The summed E-state index contributed by atoms with van der Waals surface area (Å²) in [5, 5.41) is 0.508. The number of esters is 1. The molecule has 0 saturated carbocycles. The van der Waals surface area contributed by atoms with Crippen LogP contribution in [0.1, 0.15) is 20.7 Å². The summed E-state index contributed by atoms with van der Waals surface area (Å²) in [4.78, 5) is 36.9. The Morgan fingerprint density at radius 3 is 2.29 bits per heavy atom. The Kier molecular flexibility index (Phi) is 5.62. The lowest BCUT2D eigenvalue weighted by Crippen LogP contribution is -2.20. The standard InChI is InChI=1S/C25H18O6/c1-29-20-11-12-23-19(13-20)14-21(25(28)31-23)24(27)30-15-22(26)18-9-7-17(8-10-18)16-5-3-2-4-6-16/h2-14H,15H2,1H3. The van der Waals surface area contributed by atoms with Gasteiger partial charge in [0.25, 0.3) is 0 Å². The van der Waals surface area contributed by atoms with Crippen molar-refractivity contribution in [3.05, 3.63) is 100 Å². The van der Waals surface area contributed by atoms with Crippen molar-refractivity contribution in [1.29, 1.82) is 0 Å². The topological polar surface area (TPSA) is 82.8 Å². The van der Waals surface area contributed by atoms with E-state index in [4.69, 9.17) is 13.9 Å². The molecule has 6 heteroatoms. The van der Waals surface area contributed by atoms with Crippen LogP contribution in [-0.2, 0) is 4.74 Å². The van der Waals surface area contributed by atoms with E-state index < -0.39 is 18.2 Å². The summed E-state index contributed by atoms with van der Waals surface area (Å²) < 4.78 is 15.4. The molecular weight excluding hydrogens is 396 g/mol. The van der Waals surface area contributed by atoms with Crippen LogP contribution in [0.15, 0.2) is 88.1 Å². The summed E-state index contributed by atoms with van der Waals surface area (Å²) >= 11 is 0. The van der Waals surface area contributed by atoms with Crippen LogP contribution in [0.2, 0.25) is 0 Å². The molecule has 6 nitrogen and oxygen atoms in total. The minimum absolute atomic E-state index is 0.284. The van der Waals surface area contributed by atoms with Gasteiger partial charge >= 0.3 is 11.6 Å². The third-order valence-corrected chi connectivity index (χ3v) is 4.81. The van der Waals surface area contributed by atoms with E-state index >= 15 is 0 Å². The normalized spacial score (nSPS) is 10.6. The molecule has 1 aromatic heterocycles. The molecule has 0 atom stereocenters. The van der Waals surface area contributed by atoms with E-state index in [0.717, 1.165) is 11.1 Å². The van der Waals surface area contributed by atoms with E-state index in [-0.39, 0.29) is 11.3 Å². The van der Waals surface area contributed by atoms with Crippen LogP contribution in [0.4, 0.5) is 0 Å². The van der Waals surface area contributed by atoms with Crippen molar-refractivity contribution < 1.29 is 23.5 Å². The molecule has 0 N–H and O–H groups in total. The minimum atomic E-state index is -0.923. The molecule has 0 aliphatic rings. The van der Waals surface area contributed by atoms with Gasteiger partial charge in [-0.25, -0.2) is 9.59 Å². The highest BCUT2D eigenvalue weighted by molar-refractivity contribution is 6.00. The molecule has 0 fully saturated rings. The van der Waals surface area contributed by atoms with Gasteiger partial charge in [0.15, 0.2) is 12.4 Å². The second kappa shape index (κ2) is 8.67. The molecular formula is C25H18O6. The maximum Gasteiger partial charge on any atom is 0.351 e. The molecule has 0 radical (unpaired) electrons. The number of hydrogen-bond acceptors (Lipinski definition) is 6. The molecule has 0 aliphatic carbocycles. The summed E-state index contributed by atoms with van der Waals surface area (Å²) in [6, 6.07) is 23.0. The molecule has 154 valence electrons. The summed E-state index contributed by atoms with van der Waals surface area (Å²) in [6.07, 6.45) is 0. The number of methoxy groups -OCH3 is 1. The van der Waals surface area contributed by atoms with Gasteiger partial charge in [0.1, 0.15) is 16.9 Å². The highest BCUT2D eigenvalue weighted by Gasteiger charge is 2.17. The summed E-state index contributed by atoms with van der Waals surface area (Å²) in [5.74, 6) is -0.748. The molecule has 0 aliphatic heterocycles. The van der Waals surface area contributed by atoms with Gasteiger partial charge in [-0.1, -0.05) is 54.6 Å². The number of carbonyl (C=O) groups excluding carboxylic acids is 2. The predicted octanol–water partition coefficient (Wildman–Crippen LogP) is 4.51. The molecule has 31 heavy (non-hydrogen) atoms. The molecule has 0 amide bonds. The van der Waals surface area contributed by atoms with Crippen LogP contribution in [0.25, 0.3) is 22.1 Å². The van der Waals surface area contributed by atoms with Gasteiger partial charge < -0.3 is 13.9 Å². The highest BCUT2D eigenvalue weighted by Crippen LogP contribution is 2.21. The molecule has 0 spiro atoms. The number of ether oxygens (including phenoxy) is 2. The Balaban J connectivity index is 1.46. The van der Waals surface area contributed by atoms with E-state index in [1.54, 1.807) is 30.3 Å². The van der Waals surface area contributed by atoms with Crippen LogP contribution >= 0.6 is 0 Å². The highest BCUT2D eigenvalue weighted by atomic mass is 16.5. The van der Waals surface area contributed by atoms with Gasteiger partial charge in [0.2, 0.25) is 0 Å². The Morgan fingerprint density at radius 1 is 0.871 bits per heavy atom. The zero-order valence-electron chi connectivity index (χ0n) is 16.7. The van der Waals surface area contributed by atoms with Crippen LogP contribution in [0, 0.1) is 0 Å². The van der Waals surface area contributed by atoms with Crippen molar-refractivity contribution in [3.63, 3.8) is 0 Å². The van der Waals surface area contributed by atoms with Crippen LogP contribution in [0.5, 0.6) is 5.75 Å². The monoisotopic (exact) mass is 414 g/mol. The van der Waals surface area contributed by atoms with Crippen molar-refractivity contribution in [1.82, 2.24) is 0 Å². The van der Waals surface area contributed by atoms with Crippen molar-refractivity contribution in [3.8, 4) is 16.9 Å². The largest absolute Gasteiger partial charge is 0.497 e. The maximum atomic E-state index is 12.4. The smallest absolute Gasteiger partial charge is 0.351 e. The number of hydrogen-bond donors (Lipinski definition) is 0. The van der Waals surface area contributed by atoms with Crippen molar-refractivity contribution >= 4 is 22.7 Å². The maximum absolute atomic E-state index is 12.4. The lowest BCUT2D eigenvalue weighted by Gasteiger charge is -2.06. The van der Waals surface area contributed by atoms with E-state index in [9.17, 15) is 14.4 Å². The second-order valence-corrected chi connectivity index (χ2v) is 6.79. The number of rotatable bonds is 6. The van der Waals surface area contributed by atoms with Crippen LogP contribution in [0.3, 0.4) is 0 Å². The van der Waals surface area contributed by atoms with Crippen LogP contribution in [-0.4, -0.2) is 25.5 Å². The summed E-state index contributed by atoms with van der Waals surface area (Å²) in [6.45, 7) is -0.487. The van der Waals surface area contributed by atoms with Gasteiger partial charge in [-0.3, -0.25) is 4.79 Å². The number of benzene rings is 3. The first kappa shape index (κ1) is 20.1. The zero-order valence-corrected chi connectivity index (χ0v) is 16.7. The lowest BCUT2D eigenvalue weighted by atomic mass is 10.0. The van der Waals surface area contributed by atoms with E-state index in [2.05, 4.69) is 0 Å². The Hall–Kier alpha value is -4.19. The average molecular weight is 414 g/mol. The predicted molar refractivity (Wildman–Crippen MR) is 116 cm³/mol. The third-order valence-electron chi connectivity index (χ3n) is 4.81. The van der Waals surface area contributed by atoms with Gasteiger partial charge in [0, 0.05) is 10.9 Å². The van der Waals surface area contributed by atoms with E-state index in [1.807, 2.05) is 42.5 Å². The van der Waals surface area contributed by atoms with Crippen molar-refractivity contribution in [2.45, 2.75) is 0 Å². The molecule has 0 bridgehead atoms. The van der Waals surface area contributed by atoms with Crippen molar-refractivity contribution in [2.75, 3.05) is 13.7 Å². The quantitative estimate of drug-likeness (QED) is 0.262. The summed E-state index contributed by atoms with van der Waals surface area (Å²) in [5.41, 5.74) is 1.61. The lowest BCUT2D eigenvalue weighted by molar-refractivity contribution is 0.0470. The Bertz CT molecular complexity index is 1300. The van der Waals surface area contributed by atoms with Gasteiger partial charge in [-0.2, -0.15) is 0 Å². The molecule has 4 aromatic rings. The first-order chi connectivity index (χ1) is 15.0. The number of fused-ring (bicyclic) bond motifs is 1. The number of ketones is 1. The first-order valence-corrected chi connectivity index (χ1v) is 9.53. The SMILES string of the molecule is COc1ccc2oc(=O)c(C(=O)OCC(=O)c3ccc(-c4ccccc4)cc3)cc2c1. The van der Waals surface area contributed by atoms with Gasteiger partial charge in [-0.15, -0.1) is 0 Å². The first-order valence-electron chi connectivity index (χ1n) is 9.53. The fourth-order valence-corrected chi connectivity index (χ4v) is 3.14. The number of carbonyl (C=O) groups is 2. The second-order valence-electron chi connectivity index (χ2n) is 6.79. The molecule has 0 unspecified atom stereocenters. The Labute approximate surface area is 177 Å². The van der Waals surface area contributed by atoms with Gasteiger partial charge in [0.05, 0.1) is 7.11 Å². The molecule has 1 heterocycles. The van der Waals surface area contributed by atoms with E-state index in [1.165, 1.54) is 13.2 Å². The number of Topliss-reactive ketones (excluding diaryl/α,β-unsaturated/α-hetero) is 1. The fraction of sp³-hybridized carbons (Fsp3) is 0.0800. The molecule has 4 rings (SSSR count). The zero-order chi connectivity index (χ0) is 21.8. The van der Waals surface area contributed by atoms with Gasteiger partial charge in [-0.05, 0) is 35.4 Å². The third kappa shape index (κ3) is 4.38. The molecule has 0 saturated heterocycles. The van der Waals surface area contributed by atoms with E-state index in [0.29, 0.717) is 22.3 Å². The summed E-state index contributed by atoms with van der Waals surface area (Å²) in [7, 11) is 1.51. The Morgan fingerprint density at radius 2 is 1.58 bits per heavy atom. The average Bonchev–Trinajstić information content (AvgIpc) is 2.82.